The zero-order valence-electron chi connectivity index (χ0n) is 15.8. The first-order valence-electron chi connectivity index (χ1n) is 9.18. The molecule has 1 fully saturated rings. The molecule has 0 radical (unpaired) electrons. The van der Waals surface area contributed by atoms with E-state index in [1.165, 1.54) is 12.1 Å². The van der Waals surface area contributed by atoms with Crippen LogP contribution < -0.4 is 4.90 Å². The van der Waals surface area contributed by atoms with Gasteiger partial charge < -0.3 is 4.90 Å². The van der Waals surface area contributed by atoms with Crippen LogP contribution in [0.25, 0.3) is 5.65 Å². The molecular formula is C19H20Cl2F3N5S. The number of hydrogen-bond donors (Lipinski definition) is 0. The monoisotopic (exact) mass is 477 g/mol. The van der Waals surface area contributed by atoms with Crippen molar-refractivity contribution >= 4 is 47.1 Å². The van der Waals surface area contributed by atoms with Crippen LogP contribution in [0.5, 0.6) is 0 Å². The van der Waals surface area contributed by atoms with Gasteiger partial charge in [0.2, 0.25) is 0 Å². The minimum absolute atomic E-state index is 0. The van der Waals surface area contributed by atoms with E-state index in [2.05, 4.69) is 15.1 Å². The summed E-state index contributed by atoms with van der Waals surface area (Å²) in [6.07, 6.45) is -2.52. The molecule has 0 bridgehead atoms. The summed E-state index contributed by atoms with van der Waals surface area (Å²) in [5.74, 6) is 0.844. The van der Waals surface area contributed by atoms with Gasteiger partial charge in [0.15, 0.2) is 10.8 Å². The summed E-state index contributed by atoms with van der Waals surface area (Å²) < 4.78 is 40.6. The number of thioether (sulfide) groups is 1. The van der Waals surface area contributed by atoms with Gasteiger partial charge in [-0.1, -0.05) is 29.4 Å². The quantitative estimate of drug-likeness (QED) is 0.496. The number of piperazine rings is 1. The SMILES string of the molecule is Cl.FC(F)(F)c1cccc(N2CCN(CCSc3nnc4ccc(Cl)cn34)CC2)c1. The van der Waals surface area contributed by atoms with Crippen molar-refractivity contribution in [3.8, 4) is 0 Å². The number of benzene rings is 1. The molecule has 3 heterocycles. The number of fused-ring (bicyclic) bond motifs is 1. The molecule has 1 aliphatic heterocycles. The number of anilines is 1. The lowest BCUT2D eigenvalue weighted by molar-refractivity contribution is -0.137. The fraction of sp³-hybridized carbons (Fsp3) is 0.368. The van der Waals surface area contributed by atoms with Crippen molar-refractivity contribution in [2.75, 3.05) is 43.4 Å². The molecule has 0 atom stereocenters. The Bertz CT molecular complexity index is 990. The molecule has 0 spiro atoms. The van der Waals surface area contributed by atoms with Gasteiger partial charge in [-0.2, -0.15) is 13.2 Å². The molecule has 0 unspecified atom stereocenters. The number of rotatable bonds is 5. The van der Waals surface area contributed by atoms with Gasteiger partial charge in [-0.05, 0) is 30.3 Å². The maximum absolute atomic E-state index is 12.9. The number of nitrogens with zero attached hydrogens (tertiary/aromatic N) is 5. The minimum Gasteiger partial charge on any atom is -0.369 e. The number of pyridine rings is 1. The summed E-state index contributed by atoms with van der Waals surface area (Å²) in [5, 5.41) is 9.75. The molecule has 3 aromatic rings. The second-order valence-corrected chi connectivity index (χ2v) is 8.28. The van der Waals surface area contributed by atoms with Gasteiger partial charge >= 0.3 is 6.18 Å². The van der Waals surface area contributed by atoms with Crippen LogP contribution in [0.3, 0.4) is 0 Å². The van der Waals surface area contributed by atoms with Gasteiger partial charge in [0.25, 0.3) is 0 Å². The van der Waals surface area contributed by atoms with Crippen LogP contribution >= 0.6 is 35.8 Å². The van der Waals surface area contributed by atoms with Crippen molar-refractivity contribution in [2.45, 2.75) is 11.3 Å². The Balaban J connectivity index is 0.00000256. The first-order valence-corrected chi connectivity index (χ1v) is 10.5. The molecule has 30 heavy (non-hydrogen) atoms. The maximum atomic E-state index is 12.9. The van der Waals surface area contributed by atoms with Gasteiger partial charge in [-0.25, -0.2) is 0 Å². The first kappa shape index (κ1) is 23.0. The van der Waals surface area contributed by atoms with Crippen LogP contribution in [0, 0.1) is 0 Å². The average molecular weight is 478 g/mol. The predicted molar refractivity (Wildman–Crippen MR) is 116 cm³/mol. The van der Waals surface area contributed by atoms with Crippen LogP contribution in [0.2, 0.25) is 5.02 Å². The summed E-state index contributed by atoms with van der Waals surface area (Å²) in [7, 11) is 0. The Morgan fingerprint density at radius 2 is 1.80 bits per heavy atom. The van der Waals surface area contributed by atoms with Crippen molar-refractivity contribution in [3.63, 3.8) is 0 Å². The van der Waals surface area contributed by atoms with E-state index in [9.17, 15) is 13.2 Å². The normalized spacial score (nSPS) is 15.4. The van der Waals surface area contributed by atoms with Crippen LogP contribution in [-0.2, 0) is 6.18 Å². The fourth-order valence-corrected chi connectivity index (χ4v) is 4.39. The van der Waals surface area contributed by atoms with E-state index in [0.29, 0.717) is 23.8 Å². The molecule has 4 rings (SSSR count). The molecule has 1 saturated heterocycles. The maximum Gasteiger partial charge on any atom is 0.416 e. The van der Waals surface area contributed by atoms with Gasteiger partial charge in [-0.15, -0.1) is 22.6 Å². The lowest BCUT2D eigenvalue weighted by atomic mass is 10.1. The topological polar surface area (TPSA) is 36.7 Å². The van der Waals surface area contributed by atoms with Crippen LogP contribution in [0.15, 0.2) is 47.8 Å². The Morgan fingerprint density at radius 3 is 2.53 bits per heavy atom. The van der Waals surface area contributed by atoms with Crippen molar-refractivity contribution < 1.29 is 13.2 Å². The van der Waals surface area contributed by atoms with Crippen molar-refractivity contribution in [2.24, 2.45) is 0 Å². The Morgan fingerprint density at radius 1 is 1.03 bits per heavy atom. The summed E-state index contributed by atoms with van der Waals surface area (Å²) in [5.41, 5.74) is 0.779. The molecule has 2 aromatic heterocycles. The van der Waals surface area contributed by atoms with Gasteiger partial charge in [0.05, 0.1) is 10.6 Å². The Labute approximate surface area is 187 Å². The number of alkyl halides is 3. The highest BCUT2D eigenvalue weighted by atomic mass is 35.5. The van der Waals surface area contributed by atoms with E-state index in [4.69, 9.17) is 11.6 Å². The molecule has 162 valence electrons. The third-order valence-electron chi connectivity index (χ3n) is 4.88. The number of aromatic nitrogens is 3. The molecule has 0 amide bonds. The molecule has 1 aromatic carbocycles. The van der Waals surface area contributed by atoms with E-state index < -0.39 is 11.7 Å². The number of halogens is 5. The standard InChI is InChI=1S/C19H19ClF3N5S.ClH/c20-15-4-5-17-24-25-18(28(17)13-15)29-11-10-26-6-8-27(9-7-26)16-3-1-2-14(12-16)19(21,22)23;/h1-5,12-13H,6-11H2;1H. The molecule has 11 heteroatoms. The van der Waals surface area contributed by atoms with E-state index in [0.717, 1.165) is 42.3 Å². The number of hydrogen-bond acceptors (Lipinski definition) is 5. The minimum atomic E-state index is -4.31. The third kappa shape index (κ3) is 5.32. The molecule has 0 N–H and O–H groups in total. The van der Waals surface area contributed by atoms with Crippen LogP contribution in [-0.4, -0.2) is 58.0 Å². The molecule has 0 saturated carbocycles. The third-order valence-corrected chi connectivity index (χ3v) is 6.03. The van der Waals surface area contributed by atoms with Crippen LogP contribution in [0.1, 0.15) is 5.56 Å². The Hall–Kier alpha value is -1.68. The summed E-state index contributed by atoms with van der Waals surface area (Å²) in [4.78, 5) is 4.32. The smallest absolute Gasteiger partial charge is 0.369 e. The summed E-state index contributed by atoms with van der Waals surface area (Å²) in [6, 6.07) is 9.15. The van der Waals surface area contributed by atoms with Gasteiger partial charge in [-0.3, -0.25) is 9.30 Å². The molecular weight excluding hydrogens is 458 g/mol. The largest absolute Gasteiger partial charge is 0.416 e. The van der Waals surface area contributed by atoms with E-state index in [1.807, 2.05) is 15.4 Å². The van der Waals surface area contributed by atoms with E-state index >= 15 is 0 Å². The second kappa shape index (κ2) is 9.64. The molecule has 1 aliphatic rings. The lowest BCUT2D eigenvalue weighted by Gasteiger charge is -2.36. The molecule has 5 nitrogen and oxygen atoms in total. The van der Waals surface area contributed by atoms with Gasteiger partial charge in [0.1, 0.15) is 0 Å². The highest BCUT2D eigenvalue weighted by molar-refractivity contribution is 7.99. The summed E-state index contributed by atoms with van der Waals surface area (Å²) >= 11 is 7.65. The lowest BCUT2D eigenvalue weighted by Crippen LogP contribution is -2.47. The van der Waals surface area contributed by atoms with Crippen molar-refractivity contribution in [1.82, 2.24) is 19.5 Å². The second-order valence-electron chi connectivity index (χ2n) is 6.78. The zero-order valence-corrected chi connectivity index (χ0v) is 18.2. The van der Waals surface area contributed by atoms with Crippen molar-refractivity contribution in [3.05, 3.63) is 53.2 Å². The van der Waals surface area contributed by atoms with Crippen LogP contribution in [0.4, 0.5) is 18.9 Å². The fourth-order valence-electron chi connectivity index (χ4n) is 3.32. The highest BCUT2D eigenvalue weighted by Crippen LogP contribution is 2.32. The molecule has 0 aliphatic carbocycles. The zero-order chi connectivity index (χ0) is 20.4. The highest BCUT2D eigenvalue weighted by Gasteiger charge is 2.31. The Kier molecular flexibility index (Phi) is 7.38. The van der Waals surface area contributed by atoms with E-state index in [-0.39, 0.29) is 12.4 Å². The summed E-state index contributed by atoms with van der Waals surface area (Å²) in [6.45, 7) is 3.90. The van der Waals surface area contributed by atoms with E-state index in [1.54, 1.807) is 30.1 Å². The van der Waals surface area contributed by atoms with Gasteiger partial charge in [0, 0.05) is 50.4 Å². The van der Waals surface area contributed by atoms with Crippen molar-refractivity contribution in [1.29, 1.82) is 0 Å². The average Bonchev–Trinajstić information content (AvgIpc) is 3.10. The first-order chi connectivity index (χ1) is 13.9. The predicted octanol–water partition coefficient (Wildman–Crippen LogP) is 4.74.